The van der Waals surface area contributed by atoms with E-state index in [1.165, 1.54) is 12.8 Å². The Labute approximate surface area is 101 Å². The Morgan fingerprint density at radius 1 is 1.20 bits per heavy atom. The first kappa shape index (κ1) is 11.3. The van der Waals surface area contributed by atoms with E-state index >= 15 is 0 Å². The van der Waals surface area contributed by atoms with Gasteiger partial charge < -0.3 is 5.73 Å². The molecule has 1 aromatic carbocycles. The van der Waals surface area contributed by atoms with Crippen molar-refractivity contribution in [2.45, 2.75) is 37.6 Å². The first-order chi connectivity index (χ1) is 7.09. The molecule has 1 nitrogen and oxygen atoms in total. The third-order valence-corrected chi connectivity index (χ3v) is 3.74. The highest BCUT2D eigenvalue weighted by Crippen LogP contribution is 2.33. The molecule has 1 aliphatic rings. The summed E-state index contributed by atoms with van der Waals surface area (Å²) in [6.45, 7) is 0. The molecule has 0 atom stereocenters. The van der Waals surface area contributed by atoms with Crippen molar-refractivity contribution in [3.05, 3.63) is 33.8 Å². The van der Waals surface area contributed by atoms with E-state index in [1.807, 2.05) is 12.1 Å². The largest absolute Gasteiger partial charge is 0.325 e. The molecule has 82 valence electrons. The lowest BCUT2D eigenvalue weighted by molar-refractivity contribution is 0.436. The zero-order chi connectivity index (χ0) is 10.9. The van der Waals surface area contributed by atoms with Crippen LogP contribution in [0.2, 0.25) is 10.0 Å². The van der Waals surface area contributed by atoms with Crippen molar-refractivity contribution in [3.8, 4) is 0 Å². The number of rotatable bonds is 2. The molecule has 0 radical (unpaired) electrons. The molecule has 1 aromatic rings. The lowest BCUT2D eigenvalue weighted by Crippen LogP contribution is -2.38. The number of nitrogens with two attached hydrogens (primary N) is 1. The first-order valence-electron chi connectivity index (χ1n) is 5.32. The minimum atomic E-state index is -0.0442. The Morgan fingerprint density at radius 3 is 2.47 bits per heavy atom. The van der Waals surface area contributed by atoms with Crippen LogP contribution in [0.15, 0.2) is 18.2 Å². The predicted octanol–water partition coefficient (Wildman–Crippen LogP) is 3.81. The standard InChI is InChI=1S/C12H15Cl2N/c13-10-4-3-9(11(14)7-10)8-12(15)5-1-2-6-12/h3-4,7H,1-2,5-6,8,15H2. The smallest absolute Gasteiger partial charge is 0.0453 e. The van der Waals surface area contributed by atoms with Crippen molar-refractivity contribution < 1.29 is 0 Å². The molecule has 0 aromatic heterocycles. The van der Waals surface area contributed by atoms with Crippen LogP contribution in [0.1, 0.15) is 31.2 Å². The molecular weight excluding hydrogens is 229 g/mol. The van der Waals surface area contributed by atoms with Crippen molar-refractivity contribution in [2.24, 2.45) is 5.73 Å². The summed E-state index contributed by atoms with van der Waals surface area (Å²) in [5.41, 5.74) is 7.38. The molecule has 1 aliphatic carbocycles. The Hall–Kier alpha value is -0.240. The van der Waals surface area contributed by atoms with E-state index in [2.05, 4.69) is 0 Å². The topological polar surface area (TPSA) is 26.0 Å². The summed E-state index contributed by atoms with van der Waals surface area (Å²) in [7, 11) is 0. The van der Waals surface area contributed by atoms with Crippen molar-refractivity contribution >= 4 is 23.2 Å². The van der Waals surface area contributed by atoms with Gasteiger partial charge in [0.05, 0.1) is 0 Å². The fraction of sp³-hybridized carbons (Fsp3) is 0.500. The van der Waals surface area contributed by atoms with Gasteiger partial charge in [-0.1, -0.05) is 42.1 Å². The maximum absolute atomic E-state index is 6.31. The maximum Gasteiger partial charge on any atom is 0.0453 e. The number of hydrogen-bond acceptors (Lipinski definition) is 1. The molecule has 0 amide bonds. The van der Waals surface area contributed by atoms with E-state index in [0.29, 0.717) is 5.02 Å². The van der Waals surface area contributed by atoms with Crippen LogP contribution < -0.4 is 5.73 Å². The zero-order valence-corrected chi connectivity index (χ0v) is 10.1. The fourth-order valence-corrected chi connectivity index (χ4v) is 2.78. The first-order valence-corrected chi connectivity index (χ1v) is 6.07. The van der Waals surface area contributed by atoms with Crippen LogP contribution in [0.25, 0.3) is 0 Å². The second-order valence-electron chi connectivity index (χ2n) is 4.48. The third kappa shape index (κ3) is 2.66. The molecular formula is C12H15Cl2N. The molecule has 0 spiro atoms. The summed E-state index contributed by atoms with van der Waals surface area (Å²) >= 11 is 12.0. The summed E-state index contributed by atoms with van der Waals surface area (Å²) in [4.78, 5) is 0. The highest BCUT2D eigenvalue weighted by atomic mass is 35.5. The summed E-state index contributed by atoms with van der Waals surface area (Å²) in [5, 5.41) is 1.42. The van der Waals surface area contributed by atoms with Gasteiger partial charge >= 0.3 is 0 Å². The summed E-state index contributed by atoms with van der Waals surface area (Å²) < 4.78 is 0. The van der Waals surface area contributed by atoms with Crippen molar-refractivity contribution in [1.82, 2.24) is 0 Å². The van der Waals surface area contributed by atoms with Crippen molar-refractivity contribution in [1.29, 1.82) is 0 Å². The highest BCUT2D eigenvalue weighted by Gasteiger charge is 2.29. The van der Waals surface area contributed by atoms with Gasteiger partial charge in [0.2, 0.25) is 0 Å². The van der Waals surface area contributed by atoms with E-state index in [1.54, 1.807) is 6.07 Å². The van der Waals surface area contributed by atoms with Crippen LogP contribution in [0, 0.1) is 0 Å². The Kier molecular flexibility index (Phi) is 3.24. The molecule has 0 bridgehead atoms. The average Bonchev–Trinajstić information content (AvgIpc) is 2.58. The molecule has 0 heterocycles. The van der Waals surface area contributed by atoms with Gasteiger partial charge in [0.25, 0.3) is 0 Å². The lowest BCUT2D eigenvalue weighted by Gasteiger charge is -2.24. The van der Waals surface area contributed by atoms with Gasteiger partial charge in [-0.05, 0) is 37.0 Å². The SMILES string of the molecule is NC1(Cc2ccc(Cl)cc2Cl)CCCC1. The quantitative estimate of drug-likeness (QED) is 0.841. The summed E-state index contributed by atoms with van der Waals surface area (Å²) in [6.07, 6.45) is 5.55. The Bertz CT molecular complexity index is 357. The van der Waals surface area contributed by atoms with E-state index in [-0.39, 0.29) is 5.54 Å². The van der Waals surface area contributed by atoms with Gasteiger partial charge in [-0.15, -0.1) is 0 Å². The van der Waals surface area contributed by atoms with Crippen LogP contribution in [-0.2, 0) is 6.42 Å². The van der Waals surface area contributed by atoms with Gasteiger partial charge in [0, 0.05) is 15.6 Å². The van der Waals surface area contributed by atoms with E-state index in [0.717, 1.165) is 29.8 Å². The average molecular weight is 244 g/mol. The molecule has 0 aliphatic heterocycles. The van der Waals surface area contributed by atoms with Crippen LogP contribution in [-0.4, -0.2) is 5.54 Å². The van der Waals surface area contributed by atoms with Crippen molar-refractivity contribution in [2.75, 3.05) is 0 Å². The van der Waals surface area contributed by atoms with E-state index < -0.39 is 0 Å². The van der Waals surface area contributed by atoms with Crippen LogP contribution >= 0.6 is 23.2 Å². The molecule has 2 N–H and O–H groups in total. The highest BCUT2D eigenvalue weighted by molar-refractivity contribution is 6.35. The van der Waals surface area contributed by atoms with Gasteiger partial charge in [0.15, 0.2) is 0 Å². The normalized spacial score (nSPS) is 19.4. The van der Waals surface area contributed by atoms with E-state index in [9.17, 15) is 0 Å². The van der Waals surface area contributed by atoms with E-state index in [4.69, 9.17) is 28.9 Å². The summed E-state index contributed by atoms with van der Waals surface area (Å²) in [6, 6.07) is 5.65. The van der Waals surface area contributed by atoms with Crippen molar-refractivity contribution in [3.63, 3.8) is 0 Å². The number of benzene rings is 1. The molecule has 0 unspecified atom stereocenters. The molecule has 1 saturated carbocycles. The number of halogens is 2. The molecule has 1 fully saturated rings. The monoisotopic (exact) mass is 243 g/mol. The maximum atomic E-state index is 6.31. The Balaban J connectivity index is 2.16. The fourth-order valence-electron chi connectivity index (χ4n) is 2.30. The lowest BCUT2D eigenvalue weighted by atomic mass is 9.90. The predicted molar refractivity (Wildman–Crippen MR) is 65.6 cm³/mol. The van der Waals surface area contributed by atoms with Gasteiger partial charge in [-0.25, -0.2) is 0 Å². The van der Waals surface area contributed by atoms with Gasteiger partial charge in [-0.3, -0.25) is 0 Å². The molecule has 3 heteroatoms. The minimum Gasteiger partial charge on any atom is -0.325 e. The third-order valence-electron chi connectivity index (χ3n) is 3.16. The van der Waals surface area contributed by atoms with Gasteiger partial charge in [0.1, 0.15) is 0 Å². The van der Waals surface area contributed by atoms with Crippen LogP contribution in [0.4, 0.5) is 0 Å². The van der Waals surface area contributed by atoms with Crippen LogP contribution in [0.5, 0.6) is 0 Å². The summed E-state index contributed by atoms with van der Waals surface area (Å²) in [5.74, 6) is 0. The zero-order valence-electron chi connectivity index (χ0n) is 8.60. The molecule has 0 saturated heterocycles. The van der Waals surface area contributed by atoms with Gasteiger partial charge in [-0.2, -0.15) is 0 Å². The molecule has 15 heavy (non-hydrogen) atoms. The second-order valence-corrected chi connectivity index (χ2v) is 5.33. The van der Waals surface area contributed by atoms with Crippen LogP contribution in [0.3, 0.4) is 0 Å². The second kappa shape index (κ2) is 4.32. The minimum absolute atomic E-state index is 0.0442. The number of hydrogen-bond donors (Lipinski definition) is 1. The molecule has 2 rings (SSSR count). The Morgan fingerprint density at radius 2 is 1.87 bits per heavy atom.